The molecule has 0 atom stereocenters. The molecule has 0 spiro atoms. The average molecular weight is 338 g/mol. The molecule has 25 heavy (non-hydrogen) atoms. The standard InChI is InChI=1S/C21H26N2O2/c24-23(25)20-13-7-12-17-18(15-8-3-1-4-9-15)14-19(22-21(17)20)16-10-5-2-6-11-16/h7,12-16H,1-6,8-11H2. The first-order valence-corrected chi connectivity index (χ1v) is 9.82. The van der Waals surface area contributed by atoms with Crippen molar-refractivity contribution in [1.82, 2.24) is 4.98 Å². The van der Waals surface area contributed by atoms with Gasteiger partial charge in [-0.25, -0.2) is 4.98 Å². The lowest BCUT2D eigenvalue weighted by molar-refractivity contribution is -0.383. The zero-order chi connectivity index (χ0) is 17.2. The highest BCUT2D eigenvalue weighted by Gasteiger charge is 2.25. The predicted molar refractivity (Wildman–Crippen MR) is 100 cm³/mol. The lowest BCUT2D eigenvalue weighted by atomic mass is 9.80. The Morgan fingerprint density at radius 3 is 2.20 bits per heavy atom. The summed E-state index contributed by atoms with van der Waals surface area (Å²) < 4.78 is 0. The third kappa shape index (κ3) is 3.26. The van der Waals surface area contributed by atoms with Crippen LogP contribution in [-0.2, 0) is 0 Å². The molecule has 1 aromatic heterocycles. The Labute approximate surface area is 148 Å². The number of para-hydroxylation sites is 1. The molecular weight excluding hydrogens is 312 g/mol. The van der Waals surface area contributed by atoms with E-state index >= 15 is 0 Å². The molecule has 1 heterocycles. The molecule has 0 N–H and O–H groups in total. The molecule has 4 heteroatoms. The predicted octanol–water partition coefficient (Wildman–Crippen LogP) is 6.24. The summed E-state index contributed by atoms with van der Waals surface area (Å²) in [5.41, 5.74) is 3.18. The Bertz CT molecular complexity index is 775. The fourth-order valence-electron chi connectivity index (χ4n) is 4.79. The van der Waals surface area contributed by atoms with E-state index < -0.39 is 0 Å². The summed E-state index contributed by atoms with van der Waals surface area (Å²) in [5.74, 6) is 1.00. The van der Waals surface area contributed by atoms with Crippen LogP contribution >= 0.6 is 0 Å². The minimum Gasteiger partial charge on any atom is -0.258 e. The van der Waals surface area contributed by atoms with Gasteiger partial charge in [0, 0.05) is 23.1 Å². The van der Waals surface area contributed by atoms with Crippen molar-refractivity contribution < 1.29 is 4.92 Å². The number of nitrogens with zero attached hydrogens (tertiary/aromatic N) is 2. The van der Waals surface area contributed by atoms with Crippen LogP contribution in [0.3, 0.4) is 0 Å². The van der Waals surface area contributed by atoms with Gasteiger partial charge in [0.05, 0.1) is 4.92 Å². The molecule has 0 unspecified atom stereocenters. The van der Waals surface area contributed by atoms with Gasteiger partial charge in [-0.05, 0) is 43.2 Å². The van der Waals surface area contributed by atoms with Crippen molar-refractivity contribution in [2.75, 3.05) is 0 Å². The molecule has 0 bridgehead atoms. The lowest BCUT2D eigenvalue weighted by Gasteiger charge is -2.26. The number of benzene rings is 1. The minimum absolute atomic E-state index is 0.159. The second-order valence-corrected chi connectivity index (χ2v) is 7.74. The highest BCUT2D eigenvalue weighted by molar-refractivity contribution is 5.90. The van der Waals surface area contributed by atoms with Crippen molar-refractivity contribution >= 4 is 16.6 Å². The maximum Gasteiger partial charge on any atom is 0.295 e. The Morgan fingerprint density at radius 1 is 0.920 bits per heavy atom. The molecule has 0 radical (unpaired) electrons. The van der Waals surface area contributed by atoms with Crippen molar-refractivity contribution in [3.05, 3.63) is 45.6 Å². The van der Waals surface area contributed by atoms with Crippen LogP contribution in [0.2, 0.25) is 0 Å². The molecule has 4 nitrogen and oxygen atoms in total. The SMILES string of the molecule is O=[N+]([O-])c1cccc2c(C3CCCCC3)cc(C3CCCCC3)nc12. The number of pyridine rings is 1. The van der Waals surface area contributed by atoms with E-state index in [-0.39, 0.29) is 10.6 Å². The molecule has 2 aliphatic rings. The zero-order valence-corrected chi connectivity index (χ0v) is 14.7. The van der Waals surface area contributed by atoms with Crippen LogP contribution in [0.1, 0.15) is 87.3 Å². The van der Waals surface area contributed by atoms with Crippen molar-refractivity contribution in [2.45, 2.75) is 76.0 Å². The van der Waals surface area contributed by atoms with Crippen molar-refractivity contribution in [3.8, 4) is 0 Å². The van der Waals surface area contributed by atoms with Crippen LogP contribution in [-0.4, -0.2) is 9.91 Å². The van der Waals surface area contributed by atoms with Gasteiger partial charge < -0.3 is 0 Å². The molecule has 2 saturated carbocycles. The third-order valence-electron chi connectivity index (χ3n) is 6.14. The number of non-ortho nitro benzene ring substituents is 1. The van der Waals surface area contributed by atoms with Crippen LogP contribution in [0.5, 0.6) is 0 Å². The summed E-state index contributed by atoms with van der Waals surface area (Å²) in [5, 5.41) is 12.6. The van der Waals surface area contributed by atoms with Gasteiger partial charge in [-0.2, -0.15) is 0 Å². The summed E-state index contributed by atoms with van der Waals surface area (Å²) in [6.45, 7) is 0. The van der Waals surface area contributed by atoms with Crippen LogP contribution in [0, 0.1) is 10.1 Å². The largest absolute Gasteiger partial charge is 0.295 e. The zero-order valence-electron chi connectivity index (χ0n) is 14.7. The van der Waals surface area contributed by atoms with Gasteiger partial charge in [0.25, 0.3) is 5.69 Å². The summed E-state index contributed by atoms with van der Waals surface area (Å²) >= 11 is 0. The van der Waals surface area contributed by atoms with Crippen molar-refractivity contribution in [1.29, 1.82) is 0 Å². The first-order valence-electron chi connectivity index (χ1n) is 9.82. The molecule has 2 fully saturated rings. The summed E-state index contributed by atoms with van der Waals surface area (Å²) in [4.78, 5) is 16.1. The van der Waals surface area contributed by atoms with Crippen molar-refractivity contribution in [2.24, 2.45) is 0 Å². The quantitative estimate of drug-likeness (QED) is 0.492. The van der Waals surface area contributed by atoms with E-state index in [0.717, 1.165) is 11.1 Å². The smallest absolute Gasteiger partial charge is 0.258 e. The fourth-order valence-corrected chi connectivity index (χ4v) is 4.79. The number of rotatable bonds is 3. The Morgan fingerprint density at radius 2 is 1.56 bits per heavy atom. The van der Waals surface area contributed by atoms with E-state index in [1.165, 1.54) is 69.8 Å². The van der Waals surface area contributed by atoms with E-state index in [0.29, 0.717) is 17.4 Å². The van der Waals surface area contributed by atoms with Gasteiger partial charge in [-0.3, -0.25) is 10.1 Å². The number of nitro benzene ring substituents is 1. The first-order chi connectivity index (χ1) is 12.2. The molecule has 1 aromatic carbocycles. The molecule has 2 aromatic rings. The number of aromatic nitrogens is 1. The highest BCUT2D eigenvalue weighted by atomic mass is 16.6. The topological polar surface area (TPSA) is 56.0 Å². The van der Waals surface area contributed by atoms with E-state index in [2.05, 4.69) is 6.07 Å². The van der Waals surface area contributed by atoms with Crippen LogP contribution in [0.15, 0.2) is 24.3 Å². The van der Waals surface area contributed by atoms with Crippen LogP contribution < -0.4 is 0 Å². The van der Waals surface area contributed by atoms with Gasteiger partial charge in [0.2, 0.25) is 0 Å². The number of hydrogen-bond donors (Lipinski definition) is 0. The fraction of sp³-hybridized carbons (Fsp3) is 0.571. The van der Waals surface area contributed by atoms with E-state index in [1.807, 2.05) is 12.1 Å². The average Bonchev–Trinajstić information content (AvgIpc) is 2.68. The van der Waals surface area contributed by atoms with Gasteiger partial charge >= 0.3 is 0 Å². The molecule has 132 valence electrons. The maximum atomic E-state index is 11.6. The minimum atomic E-state index is -0.273. The number of hydrogen-bond acceptors (Lipinski definition) is 3. The molecule has 4 rings (SSSR count). The Hall–Kier alpha value is -1.97. The van der Waals surface area contributed by atoms with Crippen LogP contribution in [0.25, 0.3) is 10.9 Å². The molecule has 0 aliphatic heterocycles. The number of fused-ring (bicyclic) bond motifs is 1. The van der Waals surface area contributed by atoms with E-state index in [9.17, 15) is 10.1 Å². The first kappa shape index (κ1) is 16.5. The molecule has 2 aliphatic carbocycles. The lowest BCUT2D eigenvalue weighted by Crippen LogP contribution is -2.11. The Kier molecular flexibility index (Phi) is 4.69. The summed E-state index contributed by atoms with van der Waals surface area (Å²) in [6.07, 6.45) is 12.4. The van der Waals surface area contributed by atoms with Crippen LogP contribution in [0.4, 0.5) is 5.69 Å². The summed E-state index contributed by atoms with van der Waals surface area (Å²) in [6, 6.07) is 7.75. The van der Waals surface area contributed by atoms with Gasteiger partial charge in [0.15, 0.2) is 0 Å². The second kappa shape index (κ2) is 7.11. The summed E-state index contributed by atoms with van der Waals surface area (Å²) in [7, 11) is 0. The molecular formula is C21H26N2O2. The van der Waals surface area contributed by atoms with Gasteiger partial charge in [0.1, 0.15) is 5.52 Å². The van der Waals surface area contributed by atoms with E-state index in [4.69, 9.17) is 4.98 Å². The highest BCUT2D eigenvalue weighted by Crippen LogP contribution is 2.41. The monoisotopic (exact) mass is 338 g/mol. The van der Waals surface area contributed by atoms with Gasteiger partial charge in [-0.15, -0.1) is 0 Å². The normalized spacial score (nSPS) is 20.0. The van der Waals surface area contributed by atoms with E-state index in [1.54, 1.807) is 6.07 Å². The number of nitro groups is 1. The second-order valence-electron chi connectivity index (χ2n) is 7.74. The molecule has 0 amide bonds. The third-order valence-corrected chi connectivity index (χ3v) is 6.14. The van der Waals surface area contributed by atoms with Crippen molar-refractivity contribution in [3.63, 3.8) is 0 Å². The molecule has 0 saturated heterocycles. The van der Waals surface area contributed by atoms with Gasteiger partial charge in [-0.1, -0.05) is 50.7 Å². The maximum absolute atomic E-state index is 11.6. The Balaban J connectivity index is 1.87.